The van der Waals surface area contributed by atoms with Gasteiger partial charge in [-0.1, -0.05) is 41.9 Å². The molecule has 0 bridgehead atoms. The largest absolute Gasteiger partial charge is 0.481 e. The van der Waals surface area contributed by atoms with Gasteiger partial charge in [-0.2, -0.15) is 5.10 Å². The summed E-state index contributed by atoms with van der Waals surface area (Å²) in [7, 11) is 0. The van der Waals surface area contributed by atoms with E-state index in [1.807, 2.05) is 30.3 Å². The second-order valence-electron chi connectivity index (χ2n) is 6.24. The molecule has 2 aromatic rings. The molecule has 1 aliphatic rings. The van der Waals surface area contributed by atoms with E-state index in [1.54, 1.807) is 16.5 Å². The number of hydrogen-bond donors (Lipinski definition) is 1. The molecule has 1 fully saturated rings. The minimum absolute atomic E-state index is 0.135. The number of hydrogen-bond acceptors (Lipinski definition) is 4. The van der Waals surface area contributed by atoms with Crippen molar-refractivity contribution in [3.8, 4) is 0 Å². The van der Waals surface area contributed by atoms with E-state index in [4.69, 9.17) is 21.4 Å². The third-order valence-corrected chi connectivity index (χ3v) is 4.67. The maximum atomic E-state index is 12.9. The lowest BCUT2D eigenvalue weighted by Gasteiger charge is -2.32. The molecule has 0 aliphatic carbocycles. The van der Waals surface area contributed by atoms with Crippen LogP contribution in [0.2, 0.25) is 5.15 Å². The van der Waals surface area contributed by atoms with Crippen molar-refractivity contribution in [3.63, 3.8) is 0 Å². The van der Waals surface area contributed by atoms with Gasteiger partial charge in [0.05, 0.1) is 36.9 Å². The first-order chi connectivity index (χ1) is 12.5. The van der Waals surface area contributed by atoms with Crippen LogP contribution >= 0.6 is 11.6 Å². The number of carboxylic acids is 1. The van der Waals surface area contributed by atoms with E-state index in [-0.39, 0.29) is 24.0 Å². The Hall–Kier alpha value is -2.38. The SMILES string of the molecule is Cc1nn(Cc2ccccc2)c(Cl)c1C(=O)N1CCO[C@@H](CC(=O)O)C1. The summed E-state index contributed by atoms with van der Waals surface area (Å²) in [5.41, 5.74) is 1.94. The van der Waals surface area contributed by atoms with Gasteiger partial charge in [0.1, 0.15) is 5.15 Å². The van der Waals surface area contributed by atoms with Crippen LogP contribution in [-0.2, 0) is 16.1 Å². The third-order valence-electron chi connectivity index (χ3n) is 4.28. The van der Waals surface area contributed by atoms with Crippen molar-refractivity contribution < 1.29 is 19.4 Å². The molecule has 1 N–H and O–H groups in total. The molecule has 26 heavy (non-hydrogen) atoms. The number of nitrogens with zero attached hydrogens (tertiary/aromatic N) is 3. The van der Waals surface area contributed by atoms with Crippen molar-refractivity contribution in [1.29, 1.82) is 0 Å². The van der Waals surface area contributed by atoms with Gasteiger partial charge < -0.3 is 14.7 Å². The van der Waals surface area contributed by atoms with Crippen LogP contribution in [0, 0.1) is 6.92 Å². The Morgan fingerprint density at radius 2 is 2.08 bits per heavy atom. The molecule has 1 amide bonds. The average molecular weight is 378 g/mol. The number of ether oxygens (including phenoxy) is 1. The van der Waals surface area contributed by atoms with Crippen molar-refractivity contribution in [2.45, 2.75) is 26.0 Å². The molecule has 1 saturated heterocycles. The highest BCUT2D eigenvalue weighted by Crippen LogP contribution is 2.24. The van der Waals surface area contributed by atoms with Gasteiger partial charge in [0.25, 0.3) is 5.91 Å². The summed E-state index contributed by atoms with van der Waals surface area (Å²) in [5.74, 6) is -1.19. The van der Waals surface area contributed by atoms with Gasteiger partial charge in [-0.3, -0.25) is 9.59 Å². The second-order valence-corrected chi connectivity index (χ2v) is 6.59. The van der Waals surface area contributed by atoms with Gasteiger partial charge in [0.15, 0.2) is 0 Å². The second kappa shape index (κ2) is 7.88. The number of halogens is 1. The Morgan fingerprint density at radius 3 is 2.77 bits per heavy atom. The van der Waals surface area contributed by atoms with Crippen LogP contribution in [0.4, 0.5) is 0 Å². The normalized spacial score (nSPS) is 17.3. The van der Waals surface area contributed by atoms with Crippen molar-refractivity contribution in [2.75, 3.05) is 19.7 Å². The molecule has 2 heterocycles. The maximum absolute atomic E-state index is 12.9. The van der Waals surface area contributed by atoms with E-state index in [9.17, 15) is 9.59 Å². The highest BCUT2D eigenvalue weighted by atomic mass is 35.5. The molecule has 1 aliphatic heterocycles. The minimum atomic E-state index is -0.950. The Morgan fingerprint density at radius 1 is 1.35 bits per heavy atom. The third kappa shape index (κ3) is 4.05. The van der Waals surface area contributed by atoms with E-state index in [2.05, 4.69) is 5.10 Å². The van der Waals surface area contributed by atoms with Gasteiger partial charge in [-0.15, -0.1) is 0 Å². The number of aliphatic carboxylic acids is 1. The molecule has 138 valence electrons. The zero-order chi connectivity index (χ0) is 18.7. The average Bonchev–Trinajstić information content (AvgIpc) is 2.88. The van der Waals surface area contributed by atoms with Gasteiger partial charge in [-0.25, -0.2) is 4.68 Å². The molecule has 1 aromatic carbocycles. The standard InChI is InChI=1S/C18H20ClN3O4/c1-12-16(17(19)22(20-12)10-13-5-3-2-4-6-13)18(25)21-7-8-26-14(11-21)9-15(23)24/h2-6,14H,7-11H2,1H3,(H,23,24)/t14-/m0/s1. The van der Waals surface area contributed by atoms with Gasteiger partial charge >= 0.3 is 5.97 Å². The van der Waals surface area contributed by atoms with Crippen LogP contribution in [-0.4, -0.2) is 57.5 Å². The lowest BCUT2D eigenvalue weighted by atomic mass is 10.1. The van der Waals surface area contributed by atoms with Crippen LogP contribution < -0.4 is 0 Å². The molecule has 0 saturated carbocycles. The monoisotopic (exact) mass is 377 g/mol. The zero-order valence-corrected chi connectivity index (χ0v) is 15.1. The van der Waals surface area contributed by atoms with Crippen LogP contribution in [0.25, 0.3) is 0 Å². The fourth-order valence-electron chi connectivity index (χ4n) is 3.04. The molecule has 7 nitrogen and oxygen atoms in total. The first kappa shape index (κ1) is 18.4. The van der Waals surface area contributed by atoms with Crippen molar-refractivity contribution in [3.05, 3.63) is 52.3 Å². The fourth-order valence-corrected chi connectivity index (χ4v) is 3.35. The zero-order valence-electron chi connectivity index (χ0n) is 14.4. The van der Waals surface area contributed by atoms with Crippen molar-refractivity contribution in [2.24, 2.45) is 0 Å². The summed E-state index contributed by atoms with van der Waals surface area (Å²) in [6.45, 7) is 3.15. The molecular formula is C18H20ClN3O4. The highest BCUT2D eigenvalue weighted by molar-refractivity contribution is 6.33. The molecule has 3 rings (SSSR count). The molecule has 1 aromatic heterocycles. The Labute approximate surface area is 156 Å². The van der Waals surface area contributed by atoms with Gasteiger partial charge in [-0.05, 0) is 12.5 Å². The Balaban J connectivity index is 1.78. The predicted molar refractivity (Wildman–Crippen MR) is 95.4 cm³/mol. The predicted octanol–water partition coefficient (Wildman–Crippen LogP) is 2.21. The number of amides is 1. The fraction of sp³-hybridized carbons (Fsp3) is 0.389. The van der Waals surface area contributed by atoms with E-state index >= 15 is 0 Å². The molecule has 1 atom stereocenters. The minimum Gasteiger partial charge on any atom is -0.481 e. The van der Waals surface area contributed by atoms with Crippen molar-refractivity contribution in [1.82, 2.24) is 14.7 Å². The summed E-state index contributed by atoms with van der Waals surface area (Å²) in [6, 6.07) is 9.73. The number of rotatable bonds is 5. The Bertz CT molecular complexity index is 806. The van der Waals surface area contributed by atoms with Crippen LogP contribution in [0.1, 0.15) is 28.0 Å². The summed E-state index contributed by atoms with van der Waals surface area (Å²) in [4.78, 5) is 25.4. The summed E-state index contributed by atoms with van der Waals surface area (Å²) >= 11 is 6.44. The summed E-state index contributed by atoms with van der Waals surface area (Å²) in [6.07, 6.45) is -0.646. The molecule has 0 radical (unpaired) electrons. The molecular weight excluding hydrogens is 358 g/mol. The van der Waals surface area contributed by atoms with E-state index in [0.29, 0.717) is 31.0 Å². The number of carbonyl (C=O) groups is 2. The molecule has 8 heteroatoms. The first-order valence-electron chi connectivity index (χ1n) is 8.35. The number of morpholine rings is 1. The summed E-state index contributed by atoms with van der Waals surface area (Å²) < 4.78 is 7.03. The summed E-state index contributed by atoms with van der Waals surface area (Å²) in [5, 5.41) is 13.6. The number of carboxylic acid groups (broad SMARTS) is 1. The van der Waals surface area contributed by atoms with Crippen LogP contribution in [0.15, 0.2) is 30.3 Å². The molecule has 0 unspecified atom stereocenters. The lowest BCUT2D eigenvalue weighted by Crippen LogP contribution is -2.46. The smallest absolute Gasteiger partial charge is 0.306 e. The lowest BCUT2D eigenvalue weighted by molar-refractivity contribution is -0.141. The maximum Gasteiger partial charge on any atom is 0.306 e. The number of aromatic nitrogens is 2. The number of carbonyl (C=O) groups excluding carboxylic acids is 1. The number of aryl methyl sites for hydroxylation is 1. The Kier molecular flexibility index (Phi) is 5.58. The van der Waals surface area contributed by atoms with Gasteiger partial charge in [0.2, 0.25) is 0 Å². The van der Waals surface area contributed by atoms with Crippen LogP contribution in [0.5, 0.6) is 0 Å². The van der Waals surface area contributed by atoms with E-state index in [1.165, 1.54) is 0 Å². The van der Waals surface area contributed by atoms with E-state index < -0.39 is 12.1 Å². The molecule has 0 spiro atoms. The topological polar surface area (TPSA) is 84.7 Å². The van der Waals surface area contributed by atoms with Crippen LogP contribution in [0.3, 0.4) is 0 Å². The first-order valence-corrected chi connectivity index (χ1v) is 8.73. The van der Waals surface area contributed by atoms with E-state index in [0.717, 1.165) is 5.56 Å². The number of benzene rings is 1. The van der Waals surface area contributed by atoms with Crippen molar-refractivity contribution >= 4 is 23.5 Å². The van der Waals surface area contributed by atoms with Gasteiger partial charge in [0, 0.05) is 13.1 Å². The highest BCUT2D eigenvalue weighted by Gasteiger charge is 2.30. The quantitative estimate of drug-likeness (QED) is 0.863.